The number of H-pyrrole nitrogens is 1. The number of hydrogen-bond acceptors (Lipinski definition) is 2. The molecule has 0 spiro atoms. The lowest BCUT2D eigenvalue weighted by Crippen LogP contribution is -2.11. The average molecular weight is 324 g/mol. The van der Waals surface area contributed by atoms with Crippen LogP contribution in [0.3, 0.4) is 0 Å². The van der Waals surface area contributed by atoms with Crippen LogP contribution in [0.25, 0.3) is 22.0 Å². The largest absolute Gasteiger partial charge is 0.321 e. The van der Waals surface area contributed by atoms with Crippen LogP contribution >= 0.6 is 27.3 Å². The van der Waals surface area contributed by atoms with Crippen molar-refractivity contribution < 1.29 is 4.39 Å². The van der Waals surface area contributed by atoms with Gasteiger partial charge in [-0.3, -0.25) is 4.79 Å². The summed E-state index contributed by atoms with van der Waals surface area (Å²) in [5.41, 5.74) is 0.786. The maximum Gasteiger partial charge on any atom is 0.259 e. The van der Waals surface area contributed by atoms with Crippen LogP contribution in [0.2, 0.25) is 0 Å². The van der Waals surface area contributed by atoms with E-state index in [9.17, 15) is 9.18 Å². The van der Waals surface area contributed by atoms with E-state index in [0.717, 1.165) is 0 Å². The van der Waals surface area contributed by atoms with Gasteiger partial charge in [-0.15, -0.1) is 0 Å². The summed E-state index contributed by atoms with van der Waals surface area (Å²) in [5, 5.41) is 3.98. The Morgan fingerprint density at radius 1 is 1.28 bits per heavy atom. The van der Waals surface area contributed by atoms with Gasteiger partial charge in [0.25, 0.3) is 5.56 Å². The third-order valence-corrected chi connectivity index (χ3v) is 4.08. The van der Waals surface area contributed by atoms with Crippen molar-refractivity contribution in [1.82, 2.24) is 4.98 Å². The number of thiophene rings is 1. The second kappa shape index (κ2) is 4.33. The highest BCUT2D eigenvalue weighted by Gasteiger charge is 2.16. The number of benzene rings is 1. The molecule has 3 aromatic rings. The number of pyridine rings is 1. The fourth-order valence-corrected chi connectivity index (χ4v) is 3.11. The summed E-state index contributed by atoms with van der Waals surface area (Å²) in [6.45, 7) is 0. The molecular weight excluding hydrogens is 317 g/mol. The van der Waals surface area contributed by atoms with Gasteiger partial charge in [-0.05, 0) is 44.9 Å². The van der Waals surface area contributed by atoms with E-state index in [-0.39, 0.29) is 5.56 Å². The molecule has 0 saturated heterocycles. The van der Waals surface area contributed by atoms with Crippen molar-refractivity contribution in [3.8, 4) is 11.1 Å². The summed E-state index contributed by atoms with van der Waals surface area (Å²) in [5.74, 6) is -0.486. The smallest absolute Gasteiger partial charge is 0.259 e. The molecule has 0 fully saturated rings. The molecule has 0 aliphatic carbocycles. The number of halogens is 2. The van der Waals surface area contributed by atoms with E-state index in [1.807, 2.05) is 5.38 Å². The third-order valence-electron chi connectivity index (χ3n) is 2.74. The maximum absolute atomic E-state index is 14.5. The van der Waals surface area contributed by atoms with Gasteiger partial charge in [0.15, 0.2) is 0 Å². The van der Waals surface area contributed by atoms with E-state index in [0.29, 0.717) is 20.9 Å². The monoisotopic (exact) mass is 323 g/mol. The summed E-state index contributed by atoms with van der Waals surface area (Å²) < 4.78 is 15.1. The summed E-state index contributed by atoms with van der Waals surface area (Å²) >= 11 is 4.74. The van der Waals surface area contributed by atoms with Crippen LogP contribution in [0.5, 0.6) is 0 Å². The van der Waals surface area contributed by atoms with Gasteiger partial charge in [-0.25, -0.2) is 4.39 Å². The summed E-state index contributed by atoms with van der Waals surface area (Å²) in [7, 11) is 0. The van der Waals surface area contributed by atoms with Crippen molar-refractivity contribution in [3.63, 3.8) is 0 Å². The van der Waals surface area contributed by atoms with Crippen LogP contribution in [-0.2, 0) is 0 Å². The van der Waals surface area contributed by atoms with Gasteiger partial charge in [0.1, 0.15) is 5.82 Å². The first-order chi connectivity index (χ1) is 8.68. The second-order valence-corrected chi connectivity index (χ2v) is 5.45. The molecule has 2 heterocycles. The molecular formula is C13H7BrFNOS. The zero-order valence-electron chi connectivity index (χ0n) is 9.04. The van der Waals surface area contributed by atoms with Crippen LogP contribution in [0.4, 0.5) is 4.39 Å². The van der Waals surface area contributed by atoms with Gasteiger partial charge in [0, 0.05) is 15.4 Å². The molecule has 0 bridgehead atoms. The zero-order valence-corrected chi connectivity index (χ0v) is 11.4. The number of aromatic nitrogens is 1. The lowest BCUT2D eigenvalue weighted by molar-refractivity contribution is 0.640. The van der Waals surface area contributed by atoms with E-state index in [1.165, 1.54) is 11.3 Å². The van der Waals surface area contributed by atoms with Crippen molar-refractivity contribution >= 4 is 38.2 Å². The van der Waals surface area contributed by atoms with Crippen LogP contribution < -0.4 is 5.56 Å². The first kappa shape index (κ1) is 11.6. The lowest BCUT2D eigenvalue weighted by Gasteiger charge is -2.06. The number of fused-ring (bicyclic) bond motifs is 1. The van der Waals surface area contributed by atoms with E-state index >= 15 is 0 Å². The Morgan fingerprint density at radius 3 is 2.83 bits per heavy atom. The summed E-state index contributed by atoms with van der Waals surface area (Å²) in [6, 6.07) is 6.93. The van der Waals surface area contributed by atoms with Crippen LogP contribution in [0.1, 0.15) is 0 Å². The van der Waals surface area contributed by atoms with E-state index in [4.69, 9.17) is 0 Å². The molecule has 90 valence electrons. The fraction of sp³-hybridized carbons (Fsp3) is 0. The first-order valence-electron chi connectivity index (χ1n) is 5.21. The quantitative estimate of drug-likeness (QED) is 0.716. The Kier molecular flexibility index (Phi) is 2.80. The Balaban J connectivity index is 2.48. The average Bonchev–Trinajstić information content (AvgIpc) is 2.82. The van der Waals surface area contributed by atoms with Crippen molar-refractivity contribution in [2.75, 3.05) is 0 Å². The number of rotatable bonds is 1. The molecule has 2 aromatic heterocycles. The van der Waals surface area contributed by atoms with Crippen LogP contribution in [-0.4, -0.2) is 4.98 Å². The topological polar surface area (TPSA) is 32.9 Å². The van der Waals surface area contributed by atoms with E-state index in [1.54, 1.807) is 29.6 Å². The Morgan fingerprint density at radius 2 is 2.11 bits per heavy atom. The third kappa shape index (κ3) is 1.71. The van der Waals surface area contributed by atoms with E-state index in [2.05, 4.69) is 20.9 Å². The molecule has 0 unspecified atom stereocenters. The highest BCUT2D eigenvalue weighted by Crippen LogP contribution is 2.30. The predicted molar refractivity (Wildman–Crippen MR) is 75.5 cm³/mol. The Labute approximate surface area is 114 Å². The molecule has 3 rings (SSSR count). The molecule has 0 radical (unpaired) electrons. The molecule has 2 nitrogen and oxygen atoms in total. The summed E-state index contributed by atoms with van der Waals surface area (Å²) in [6.07, 6.45) is 0. The number of aromatic amines is 1. The zero-order chi connectivity index (χ0) is 12.7. The van der Waals surface area contributed by atoms with E-state index < -0.39 is 11.4 Å². The Hall–Kier alpha value is -1.46. The number of nitrogens with one attached hydrogen (secondary N) is 1. The highest BCUT2D eigenvalue weighted by atomic mass is 79.9. The molecule has 0 aliphatic rings. The lowest BCUT2D eigenvalue weighted by atomic mass is 10.1. The summed E-state index contributed by atoms with van der Waals surface area (Å²) in [4.78, 5) is 14.7. The van der Waals surface area contributed by atoms with Gasteiger partial charge < -0.3 is 4.98 Å². The van der Waals surface area contributed by atoms with Gasteiger partial charge in [-0.2, -0.15) is 11.3 Å². The van der Waals surface area contributed by atoms with Crippen molar-refractivity contribution in [3.05, 3.63) is 55.7 Å². The van der Waals surface area contributed by atoms with Crippen LogP contribution in [0.15, 0.2) is 44.3 Å². The minimum Gasteiger partial charge on any atom is -0.321 e. The molecule has 18 heavy (non-hydrogen) atoms. The molecule has 5 heteroatoms. The molecule has 0 amide bonds. The van der Waals surface area contributed by atoms with Gasteiger partial charge in [0.2, 0.25) is 0 Å². The van der Waals surface area contributed by atoms with Crippen molar-refractivity contribution in [2.45, 2.75) is 0 Å². The maximum atomic E-state index is 14.5. The molecule has 0 aliphatic heterocycles. The minimum atomic E-state index is -0.486. The molecule has 0 saturated carbocycles. The van der Waals surface area contributed by atoms with Gasteiger partial charge in [0.05, 0.1) is 11.1 Å². The van der Waals surface area contributed by atoms with Gasteiger partial charge in [-0.1, -0.05) is 6.07 Å². The normalized spacial score (nSPS) is 11.0. The predicted octanol–water partition coefficient (Wildman–Crippen LogP) is 4.16. The van der Waals surface area contributed by atoms with Crippen LogP contribution in [0, 0.1) is 5.82 Å². The van der Waals surface area contributed by atoms with Gasteiger partial charge >= 0.3 is 0 Å². The Bertz CT molecular complexity index is 780. The van der Waals surface area contributed by atoms with Crippen molar-refractivity contribution in [1.29, 1.82) is 0 Å². The van der Waals surface area contributed by atoms with Crippen molar-refractivity contribution in [2.24, 2.45) is 0 Å². The standard InChI is InChI=1S/C13H7BrFNOS/c14-8-2-1-3-9-11(8)12(15)10(13(17)16-9)7-4-5-18-6-7/h1-6H,(H,16,17). The molecule has 1 N–H and O–H groups in total. The number of hydrogen-bond donors (Lipinski definition) is 1. The fourth-order valence-electron chi connectivity index (χ4n) is 1.93. The highest BCUT2D eigenvalue weighted by molar-refractivity contribution is 9.10. The molecule has 0 atom stereocenters. The SMILES string of the molecule is O=c1[nH]c2cccc(Br)c2c(F)c1-c1ccsc1. The molecule has 1 aromatic carbocycles. The first-order valence-corrected chi connectivity index (χ1v) is 6.94. The second-order valence-electron chi connectivity index (χ2n) is 3.82. The minimum absolute atomic E-state index is 0.0932.